The van der Waals surface area contributed by atoms with Crippen LogP contribution >= 0.6 is 11.6 Å². The van der Waals surface area contributed by atoms with Crippen LogP contribution in [0, 0.1) is 10.1 Å². The van der Waals surface area contributed by atoms with Gasteiger partial charge in [-0.3, -0.25) is 14.9 Å². The van der Waals surface area contributed by atoms with Gasteiger partial charge in [0.25, 0.3) is 11.6 Å². The van der Waals surface area contributed by atoms with Gasteiger partial charge in [0.15, 0.2) is 0 Å². The summed E-state index contributed by atoms with van der Waals surface area (Å²) in [4.78, 5) is 23.8. The third kappa shape index (κ3) is 3.23. The van der Waals surface area contributed by atoms with E-state index in [0.717, 1.165) is 6.42 Å². The van der Waals surface area contributed by atoms with Crippen LogP contribution in [0.3, 0.4) is 0 Å². The number of nitrogens with one attached hydrogen (secondary N) is 2. The van der Waals surface area contributed by atoms with Crippen LogP contribution in [-0.2, 0) is 0 Å². The summed E-state index contributed by atoms with van der Waals surface area (Å²) in [5.41, 5.74) is 0.0229. The fourth-order valence-corrected chi connectivity index (χ4v) is 1.14. The second-order valence-corrected chi connectivity index (χ2v) is 3.86. The Morgan fingerprint density at radius 3 is 2.94 bits per heavy atom. The number of alkyl halides is 1. The largest absolute Gasteiger partial charge is 0.351 e. The predicted molar refractivity (Wildman–Crippen MR) is 59.7 cm³/mol. The van der Waals surface area contributed by atoms with E-state index in [1.165, 1.54) is 12.3 Å². The lowest BCUT2D eigenvalue weighted by Crippen LogP contribution is -2.29. The van der Waals surface area contributed by atoms with Crippen molar-refractivity contribution in [3.05, 3.63) is 28.1 Å². The molecule has 1 aromatic rings. The Morgan fingerprint density at radius 1 is 1.75 bits per heavy atom. The highest BCUT2D eigenvalue weighted by Crippen LogP contribution is 2.11. The second-order valence-electron chi connectivity index (χ2n) is 3.24. The van der Waals surface area contributed by atoms with E-state index in [4.69, 9.17) is 11.6 Å². The molecule has 6 nitrogen and oxygen atoms in total. The minimum absolute atomic E-state index is 0.131. The quantitative estimate of drug-likeness (QED) is 0.470. The van der Waals surface area contributed by atoms with E-state index in [9.17, 15) is 14.9 Å². The highest BCUT2D eigenvalue weighted by atomic mass is 35.5. The summed E-state index contributed by atoms with van der Waals surface area (Å²) in [6.45, 7) is 2.24. The molecule has 0 saturated heterocycles. The number of halogens is 1. The van der Waals surface area contributed by atoms with E-state index in [0.29, 0.717) is 6.54 Å². The molecule has 0 aliphatic rings. The number of aromatic nitrogens is 1. The average Bonchev–Trinajstić information content (AvgIpc) is 2.74. The van der Waals surface area contributed by atoms with Crippen molar-refractivity contribution >= 4 is 23.2 Å². The normalized spacial score (nSPS) is 12.1. The number of hydrogen-bond acceptors (Lipinski definition) is 3. The molecule has 1 atom stereocenters. The molecule has 0 saturated carbocycles. The molecule has 0 aliphatic carbocycles. The van der Waals surface area contributed by atoms with Crippen molar-refractivity contribution < 1.29 is 9.72 Å². The molecule has 88 valence electrons. The van der Waals surface area contributed by atoms with Crippen molar-refractivity contribution in [3.63, 3.8) is 0 Å². The molecule has 1 heterocycles. The molecule has 1 unspecified atom stereocenters. The average molecular weight is 246 g/mol. The first-order valence-corrected chi connectivity index (χ1v) is 5.23. The van der Waals surface area contributed by atoms with Gasteiger partial charge in [-0.2, -0.15) is 0 Å². The number of aromatic amines is 1. The second kappa shape index (κ2) is 5.50. The molecule has 2 N–H and O–H groups in total. The van der Waals surface area contributed by atoms with E-state index in [1.807, 2.05) is 6.92 Å². The van der Waals surface area contributed by atoms with Crippen LogP contribution in [-0.4, -0.2) is 27.7 Å². The lowest BCUT2D eigenvalue weighted by Gasteiger charge is -2.06. The molecule has 1 rings (SSSR count). The van der Waals surface area contributed by atoms with E-state index in [1.54, 1.807) is 0 Å². The van der Waals surface area contributed by atoms with Gasteiger partial charge in [-0.1, -0.05) is 6.92 Å². The van der Waals surface area contributed by atoms with Gasteiger partial charge < -0.3 is 10.3 Å². The molecule has 1 aromatic heterocycles. The Kier molecular flexibility index (Phi) is 4.30. The summed E-state index contributed by atoms with van der Waals surface area (Å²) >= 11 is 5.82. The molecule has 7 heteroatoms. The van der Waals surface area contributed by atoms with E-state index < -0.39 is 10.8 Å². The molecular weight excluding hydrogens is 234 g/mol. The van der Waals surface area contributed by atoms with Gasteiger partial charge in [-0.15, -0.1) is 11.6 Å². The first kappa shape index (κ1) is 12.5. The first-order valence-electron chi connectivity index (χ1n) is 4.79. The highest BCUT2D eigenvalue weighted by molar-refractivity contribution is 6.20. The van der Waals surface area contributed by atoms with Gasteiger partial charge in [0.2, 0.25) is 0 Å². The Hall–Kier alpha value is -1.56. The Bertz CT molecular complexity index is 391. The summed E-state index contributed by atoms with van der Waals surface area (Å²) < 4.78 is 0. The van der Waals surface area contributed by atoms with Gasteiger partial charge in [0.05, 0.1) is 16.5 Å². The lowest BCUT2D eigenvalue weighted by atomic mass is 10.3. The summed E-state index contributed by atoms with van der Waals surface area (Å²) in [6, 6.07) is 1.19. The number of carbonyl (C=O) groups is 1. The van der Waals surface area contributed by atoms with Crippen LogP contribution in [0.15, 0.2) is 12.3 Å². The van der Waals surface area contributed by atoms with Crippen LogP contribution in [0.1, 0.15) is 23.8 Å². The number of nitrogens with zero attached hydrogens (tertiary/aromatic N) is 1. The number of H-pyrrole nitrogens is 1. The number of amides is 1. The molecular formula is C9H12ClN3O3. The zero-order valence-corrected chi connectivity index (χ0v) is 9.45. The van der Waals surface area contributed by atoms with E-state index in [-0.39, 0.29) is 16.8 Å². The Morgan fingerprint density at radius 2 is 2.44 bits per heavy atom. The standard InChI is InChI=1S/C9H12ClN3O3/c1-2-6(10)4-12-9(14)8-3-7(5-11-8)13(15)16/h3,5-6,11H,2,4H2,1H3,(H,12,14). The van der Waals surface area contributed by atoms with Crippen LogP contribution in [0.5, 0.6) is 0 Å². The molecule has 16 heavy (non-hydrogen) atoms. The zero-order valence-electron chi connectivity index (χ0n) is 8.70. The molecule has 0 spiro atoms. The zero-order chi connectivity index (χ0) is 12.1. The van der Waals surface area contributed by atoms with Crippen molar-refractivity contribution in [3.8, 4) is 0 Å². The smallest absolute Gasteiger partial charge is 0.287 e. The van der Waals surface area contributed by atoms with Crippen molar-refractivity contribution in [1.29, 1.82) is 0 Å². The highest BCUT2D eigenvalue weighted by Gasteiger charge is 2.14. The van der Waals surface area contributed by atoms with E-state index in [2.05, 4.69) is 10.3 Å². The number of carbonyl (C=O) groups excluding carboxylic acids is 1. The minimum Gasteiger partial charge on any atom is -0.351 e. The van der Waals surface area contributed by atoms with Crippen LogP contribution in [0.25, 0.3) is 0 Å². The Labute approximate surface area is 97.1 Å². The molecule has 0 bridgehead atoms. The molecule has 0 aromatic carbocycles. The van der Waals surface area contributed by atoms with Crippen LogP contribution in [0.4, 0.5) is 5.69 Å². The van der Waals surface area contributed by atoms with Crippen LogP contribution in [0.2, 0.25) is 0 Å². The number of nitro groups is 1. The Balaban J connectivity index is 2.56. The van der Waals surface area contributed by atoms with Gasteiger partial charge in [0.1, 0.15) is 5.69 Å². The van der Waals surface area contributed by atoms with Crippen LogP contribution < -0.4 is 5.32 Å². The number of rotatable bonds is 5. The van der Waals surface area contributed by atoms with Crippen molar-refractivity contribution in [2.75, 3.05) is 6.54 Å². The van der Waals surface area contributed by atoms with Crippen molar-refractivity contribution in [1.82, 2.24) is 10.3 Å². The lowest BCUT2D eigenvalue weighted by molar-refractivity contribution is -0.384. The van der Waals surface area contributed by atoms with Gasteiger partial charge in [-0.05, 0) is 6.42 Å². The summed E-state index contributed by atoms with van der Waals surface area (Å²) in [7, 11) is 0. The summed E-state index contributed by atoms with van der Waals surface area (Å²) in [5.74, 6) is -0.396. The summed E-state index contributed by atoms with van der Waals surface area (Å²) in [5, 5.41) is 12.8. The van der Waals surface area contributed by atoms with Gasteiger partial charge >= 0.3 is 0 Å². The predicted octanol–water partition coefficient (Wildman–Crippen LogP) is 1.67. The number of hydrogen-bond donors (Lipinski definition) is 2. The SMILES string of the molecule is CCC(Cl)CNC(=O)c1cc([N+](=O)[O-])c[nH]1. The summed E-state index contributed by atoms with van der Waals surface area (Å²) in [6.07, 6.45) is 1.92. The maximum atomic E-state index is 11.5. The molecule has 0 fully saturated rings. The maximum absolute atomic E-state index is 11.5. The van der Waals surface area contributed by atoms with Crippen molar-refractivity contribution in [2.24, 2.45) is 0 Å². The topological polar surface area (TPSA) is 88.0 Å². The monoisotopic (exact) mass is 245 g/mol. The van der Waals surface area contributed by atoms with Gasteiger partial charge in [0, 0.05) is 12.6 Å². The fourth-order valence-electron chi connectivity index (χ4n) is 1.06. The molecule has 1 amide bonds. The molecule has 0 radical (unpaired) electrons. The third-order valence-corrected chi connectivity index (χ3v) is 2.51. The minimum atomic E-state index is -0.566. The fraction of sp³-hybridized carbons (Fsp3) is 0.444. The van der Waals surface area contributed by atoms with Crippen molar-refractivity contribution in [2.45, 2.75) is 18.7 Å². The third-order valence-electron chi connectivity index (χ3n) is 2.05. The van der Waals surface area contributed by atoms with E-state index >= 15 is 0 Å². The van der Waals surface area contributed by atoms with Gasteiger partial charge in [-0.25, -0.2) is 0 Å². The maximum Gasteiger partial charge on any atom is 0.287 e. The molecule has 0 aliphatic heterocycles. The first-order chi connectivity index (χ1) is 7.54.